The first-order chi connectivity index (χ1) is 13.1. The smallest absolute Gasteiger partial charge is 0.336 e. The van der Waals surface area contributed by atoms with E-state index in [0.717, 1.165) is 22.3 Å². The van der Waals surface area contributed by atoms with Crippen molar-refractivity contribution in [3.8, 4) is 22.8 Å². The van der Waals surface area contributed by atoms with Gasteiger partial charge in [-0.05, 0) is 87.4 Å². The number of hydrogen-bond donors (Lipinski definition) is 1. The Kier molecular flexibility index (Phi) is 4.83. The maximum Gasteiger partial charge on any atom is 0.336 e. The Labute approximate surface area is 163 Å². The molecule has 2 aromatic carbocycles. The van der Waals surface area contributed by atoms with Gasteiger partial charge in [0.05, 0.1) is 11.1 Å². The van der Waals surface area contributed by atoms with Gasteiger partial charge in [0.15, 0.2) is 0 Å². The van der Waals surface area contributed by atoms with Crippen molar-refractivity contribution >= 4 is 5.97 Å². The van der Waals surface area contributed by atoms with Crippen LogP contribution in [-0.2, 0) is 0 Å². The molecule has 6 heteroatoms. The lowest BCUT2D eigenvalue weighted by atomic mass is 9.92. The number of carboxylic acids is 1. The quantitative estimate of drug-likeness (QED) is 0.656. The molecule has 0 saturated heterocycles. The Morgan fingerprint density at radius 1 is 0.893 bits per heavy atom. The van der Waals surface area contributed by atoms with Gasteiger partial charge in [0, 0.05) is 5.56 Å². The second-order valence-electron chi connectivity index (χ2n) is 7.30. The predicted octanol–water partition coefficient (Wildman–Crippen LogP) is 5.40. The molecule has 3 rings (SSSR count). The third-order valence-electron chi connectivity index (χ3n) is 5.66. The second kappa shape index (κ2) is 6.86. The van der Waals surface area contributed by atoms with Crippen LogP contribution in [0.5, 0.6) is 0 Å². The molecule has 3 aromatic rings. The fourth-order valence-electron chi connectivity index (χ4n) is 3.81. The summed E-state index contributed by atoms with van der Waals surface area (Å²) in [5.74, 6) is -1.04. The van der Waals surface area contributed by atoms with E-state index in [1.807, 2.05) is 27.7 Å². The largest absolute Gasteiger partial charge is 0.478 e. The molecule has 1 heterocycles. The van der Waals surface area contributed by atoms with E-state index in [1.54, 1.807) is 26.8 Å². The molecule has 0 unspecified atom stereocenters. The maximum absolute atomic E-state index is 15.0. The van der Waals surface area contributed by atoms with Crippen molar-refractivity contribution in [2.75, 3.05) is 0 Å². The zero-order chi connectivity index (χ0) is 20.9. The van der Waals surface area contributed by atoms with Gasteiger partial charge in [-0.2, -0.15) is 4.98 Å². The van der Waals surface area contributed by atoms with E-state index in [2.05, 4.69) is 10.1 Å². The van der Waals surface area contributed by atoms with Gasteiger partial charge in [-0.15, -0.1) is 0 Å². The first-order valence-electron chi connectivity index (χ1n) is 9.00. The normalized spacial score (nSPS) is 11.1. The van der Waals surface area contributed by atoms with E-state index in [4.69, 9.17) is 4.52 Å². The molecule has 0 bridgehead atoms. The van der Waals surface area contributed by atoms with E-state index >= 15 is 0 Å². The summed E-state index contributed by atoms with van der Waals surface area (Å²) in [6, 6.07) is 1.79. The molecule has 5 nitrogen and oxygen atoms in total. The van der Waals surface area contributed by atoms with Crippen molar-refractivity contribution in [3.05, 3.63) is 56.4 Å². The Bertz CT molecular complexity index is 1100. The monoisotopic (exact) mass is 382 g/mol. The molecule has 0 saturated carbocycles. The molecule has 0 amide bonds. The summed E-state index contributed by atoms with van der Waals surface area (Å²) in [4.78, 5) is 16.1. The molecule has 0 radical (unpaired) electrons. The van der Waals surface area contributed by atoms with Crippen LogP contribution in [-0.4, -0.2) is 21.2 Å². The molecule has 146 valence electrons. The van der Waals surface area contributed by atoms with Gasteiger partial charge in [0.1, 0.15) is 5.82 Å². The third-order valence-corrected chi connectivity index (χ3v) is 5.66. The van der Waals surface area contributed by atoms with E-state index in [0.29, 0.717) is 27.8 Å². The van der Waals surface area contributed by atoms with Gasteiger partial charge < -0.3 is 9.63 Å². The number of aromatic nitrogens is 2. The topological polar surface area (TPSA) is 76.2 Å². The van der Waals surface area contributed by atoms with E-state index in [1.165, 1.54) is 0 Å². The first kappa shape index (κ1) is 19.7. The highest BCUT2D eigenvalue weighted by atomic mass is 19.1. The van der Waals surface area contributed by atoms with Crippen LogP contribution in [0.25, 0.3) is 22.8 Å². The average Bonchev–Trinajstić information content (AvgIpc) is 3.06. The molecule has 0 fully saturated rings. The van der Waals surface area contributed by atoms with Crippen molar-refractivity contribution in [3.63, 3.8) is 0 Å². The van der Waals surface area contributed by atoms with Crippen molar-refractivity contribution < 1.29 is 18.8 Å². The van der Waals surface area contributed by atoms with Crippen LogP contribution in [0.4, 0.5) is 4.39 Å². The molecule has 0 atom stereocenters. The van der Waals surface area contributed by atoms with Gasteiger partial charge in [0.2, 0.25) is 5.82 Å². The summed E-state index contributed by atoms with van der Waals surface area (Å²) >= 11 is 0. The summed E-state index contributed by atoms with van der Waals surface area (Å²) in [5, 5.41) is 13.6. The number of aryl methyl sites for hydroxylation is 2. The number of hydrogen-bond acceptors (Lipinski definition) is 4. The van der Waals surface area contributed by atoms with Crippen molar-refractivity contribution in [1.82, 2.24) is 10.1 Å². The van der Waals surface area contributed by atoms with Crippen LogP contribution in [0.3, 0.4) is 0 Å². The average molecular weight is 382 g/mol. The molecule has 0 aliphatic heterocycles. The van der Waals surface area contributed by atoms with Crippen molar-refractivity contribution in [1.29, 1.82) is 0 Å². The first-order valence-corrected chi connectivity index (χ1v) is 9.00. The Morgan fingerprint density at radius 3 is 2.11 bits per heavy atom. The van der Waals surface area contributed by atoms with Crippen molar-refractivity contribution in [2.24, 2.45) is 0 Å². The molecule has 0 spiro atoms. The standard InChI is InChI=1S/C22H23FN2O3/c1-9-8-10(2)17(22(26)27)15(7)16(9)20-24-21(28-25-20)18-13(5)11(3)12(4)14(6)19(18)23/h8H,1-7H3,(H,26,27). The Morgan fingerprint density at radius 2 is 1.50 bits per heavy atom. The number of aromatic carboxylic acids is 1. The van der Waals surface area contributed by atoms with Crippen LogP contribution >= 0.6 is 0 Å². The molecule has 0 aliphatic carbocycles. The summed E-state index contributed by atoms with van der Waals surface area (Å²) in [7, 11) is 0. The highest BCUT2D eigenvalue weighted by molar-refractivity contribution is 5.94. The van der Waals surface area contributed by atoms with Crippen molar-refractivity contribution in [2.45, 2.75) is 48.5 Å². The lowest BCUT2D eigenvalue weighted by molar-refractivity contribution is 0.0695. The van der Waals surface area contributed by atoms with Crippen LogP contribution in [0, 0.1) is 54.3 Å². The minimum absolute atomic E-state index is 0.0902. The molecule has 0 aliphatic rings. The number of carbonyl (C=O) groups is 1. The minimum Gasteiger partial charge on any atom is -0.478 e. The Hall–Kier alpha value is -3.02. The number of benzene rings is 2. The predicted molar refractivity (Wildman–Crippen MR) is 105 cm³/mol. The zero-order valence-corrected chi connectivity index (χ0v) is 17.1. The summed E-state index contributed by atoms with van der Waals surface area (Å²) in [6.07, 6.45) is 0. The van der Waals surface area contributed by atoms with Gasteiger partial charge in [0.25, 0.3) is 5.89 Å². The fraction of sp³-hybridized carbons (Fsp3) is 0.318. The maximum atomic E-state index is 15.0. The summed E-state index contributed by atoms with van der Waals surface area (Å²) in [5.41, 5.74) is 6.34. The highest BCUT2D eigenvalue weighted by Gasteiger charge is 2.24. The molecule has 1 aromatic heterocycles. The van der Waals surface area contributed by atoms with E-state index < -0.39 is 5.97 Å². The second-order valence-corrected chi connectivity index (χ2v) is 7.30. The van der Waals surface area contributed by atoms with Gasteiger partial charge in [-0.1, -0.05) is 11.2 Å². The lowest BCUT2D eigenvalue weighted by Gasteiger charge is -2.13. The summed E-state index contributed by atoms with van der Waals surface area (Å²) < 4.78 is 20.4. The van der Waals surface area contributed by atoms with Crippen LogP contribution < -0.4 is 0 Å². The van der Waals surface area contributed by atoms with Crippen LogP contribution in [0.15, 0.2) is 10.6 Å². The van der Waals surface area contributed by atoms with Gasteiger partial charge in [-0.25, -0.2) is 9.18 Å². The number of carboxylic acid groups (broad SMARTS) is 1. The van der Waals surface area contributed by atoms with E-state index in [9.17, 15) is 14.3 Å². The highest BCUT2D eigenvalue weighted by Crippen LogP contribution is 2.35. The molecule has 1 N–H and O–H groups in total. The number of rotatable bonds is 3. The van der Waals surface area contributed by atoms with Crippen LogP contribution in [0.1, 0.15) is 49.3 Å². The lowest BCUT2D eigenvalue weighted by Crippen LogP contribution is -2.06. The summed E-state index contributed by atoms with van der Waals surface area (Å²) in [6.45, 7) is 12.7. The number of halogens is 1. The van der Waals surface area contributed by atoms with Crippen LogP contribution in [0.2, 0.25) is 0 Å². The van der Waals surface area contributed by atoms with E-state index in [-0.39, 0.29) is 23.1 Å². The van der Waals surface area contributed by atoms with Gasteiger partial charge in [-0.3, -0.25) is 0 Å². The third kappa shape index (κ3) is 2.89. The SMILES string of the molecule is Cc1cc(C)c(-c2noc(-c3c(C)c(C)c(C)c(C)c3F)n2)c(C)c1C(=O)O. The molecular weight excluding hydrogens is 359 g/mol. The molecule has 28 heavy (non-hydrogen) atoms. The zero-order valence-electron chi connectivity index (χ0n) is 17.1. The van der Waals surface area contributed by atoms with Gasteiger partial charge >= 0.3 is 5.97 Å². The number of nitrogens with zero attached hydrogens (tertiary/aromatic N) is 2. The molecular formula is C22H23FN2O3. The minimum atomic E-state index is -1.01. The Balaban J connectivity index is 2.24. The fourth-order valence-corrected chi connectivity index (χ4v) is 3.81.